The standard InChI is InChI=1S/C10H15NO/c1-2-3-9(11)8-6-7-4-5-10(8)12-7/h1,7-10H,3-6,11H2. The predicted molar refractivity (Wildman–Crippen MR) is 47.4 cm³/mol. The molecule has 2 aliphatic heterocycles. The van der Waals surface area contributed by atoms with Gasteiger partial charge in [0.05, 0.1) is 12.2 Å². The molecule has 0 aromatic heterocycles. The molecule has 12 heavy (non-hydrogen) atoms. The minimum atomic E-state index is 0.158. The molecule has 2 saturated heterocycles. The van der Waals surface area contributed by atoms with Gasteiger partial charge >= 0.3 is 0 Å². The van der Waals surface area contributed by atoms with Crippen LogP contribution in [0.15, 0.2) is 0 Å². The summed E-state index contributed by atoms with van der Waals surface area (Å²) in [6, 6.07) is 0.158. The molecule has 0 amide bonds. The second-order valence-corrected chi connectivity index (χ2v) is 3.85. The van der Waals surface area contributed by atoms with Gasteiger partial charge in [-0.25, -0.2) is 0 Å². The molecule has 0 saturated carbocycles. The molecule has 0 spiro atoms. The van der Waals surface area contributed by atoms with Gasteiger partial charge in [-0.2, -0.15) is 0 Å². The lowest BCUT2D eigenvalue weighted by Gasteiger charge is -2.23. The van der Waals surface area contributed by atoms with Gasteiger partial charge in [-0.3, -0.25) is 0 Å². The zero-order valence-corrected chi connectivity index (χ0v) is 7.20. The number of nitrogens with two attached hydrogens (primary N) is 1. The van der Waals surface area contributed by atoms with Crippen molar-refractivity contribution in [2.45, 2.75) is 43.9 Å². The molecule has 2 heterocycles. The molecule has 2 bridgehead atoms. The molecule has 66 valence electrons. The van der Waals surface area contributed by atoms with Crippen LogP contribution in [0.3, 0.4) is 0 Å². The highest BCUT2D eigenvalue weighted by Crippen LogP contribution is 2.40. The molecule has 4 atom stereocenters. The molecule has 2 aliphatic rings. The van der Waals surface area contributed by atoms with Crippen molar-refractivity contribution in [1.29, 1.82) is 0 Å². The van der Waals surface area contributed by atoms with Gasteiger partial charge < -0.3 is 10.5 Å². The normalized spacial score (nSPS) is 41.2. The van der Waals surface area contributed by atoms with Crippen molar-refractivity contribution < 1.29 is 4.74 Å². The molecule has 0 aliphatic carbocycles. The Morgan fingerprint density at radius 1 is 1.58 bits per heavy atom. The fourth-order valence-corrected chi connectivity index (χ4v) is 2.42. The molecule has 0 aromatic carbocycles. The van der Waals surface area contributed by atoms with Crippen molar-refractivity contribution in [2.24, 2.45) is 11.7 Å². The van der Waals surface area contributed by atoms with Gasteiger partial charge in [0.15, 0.2) is 0 Å². The summed E-state index contributed by atoms with van der Waals surface area (Å²) in [7, 11) is 0. The van der Waals surface area contributed by atoms with Crippen molar-refractivity contribution in [3.63, 3.8) is 0 Å². The minimum absolute atomic E-state index is 0.158. The van der Waals surface area contributed by atoms with Gasteiger partial charge in [-0.05, 0) is 19.3 Å². The van der Waals surface area contributed by atoms with Crippen molar-refractivity contribution in [1.82, 2.24) is 0 Å². The molecular weight excluding hydrogens is 150 g/mol. The molecule has 2 N–H and O–H groups in total. The summed E-state index contributed by atoms with van der Waals surface area (Å²) >= 11 is 0. The van der Waals surface area contributed by atoms with E-state index in [4.69, 9.17) is 16.9 Å². The Balaban J connectivity index is 1.94. The third-order valence-corrected chi connectivity index (χ3v) is 3.06. The van der Waals surface area contributed by atoms with Crippen LogP contribution in [0.25, 0.3) is 0 Å². The van der Waals surface area contributed by atoms with Crippen LogP contribution in [-0.4, -0.2) is 18.2 Å². The highest BCUT2D eigenvalue weighted by Gasteiger charge is 2.42. The van der Waals surface area contributed by atoms with Crippen molar-refractivity contribution >= 4 is 0 Å². The van der Waals surface area contributed by atoms with E-state index in [9.17, 15) is 0 Å². The number of hydrogen-bond donors (Lipinski definition) is 1. The summed E-state index contributed by atoms with van der Waals surface area (Å²) in [6.07, 6.45) is 10.4. The van der Waals surface area contributed by atoms with E-state index < -0.39 is 0 Å². The monoisotopic (exact) mass is 165 g/mol. The Bertz CT molecular complexity index is 208. The summed E-state index contributed by atoms with van der Waals surface area (Å²) in [5, 5.41) is 0. The van der Waals surface area contributed by atoms with Crippen molar-refractivity contribution in [2.75, 3.05) is 0 Å². The fourth-order valence-electron chi connectivity index (χ4n) is 2.42. The maximum absolute atomic E-state index is 5.95. The first-order chi connectivity index (χ1) is 5.81. The van der Waals surface area contributed by atoms with E-state index in [1.165, 1.54) is 12.8 Å². The second-order valence-electron chi connectivity index (χ2n) is 3.85. The highest BCUT2D eigenvalue weighted by molar-refractivity contribution is 4.98. The van der Waals surface area contributed by atoms with Gasteiger partial charge in [0.25, 0.3) is 0 Å². The van der Waals surface area contributed by atoms with Gasteiger partial charge in [0, 0.05) is 18.4 Å². The van der Waals surface area contributed by atoms with Crippen LogP contribution in [-0.2, 0) is 4.74 Å². The SMILES string of the molecule is C#CCC(N)C1CC2CCC1O2. The summed E-state index contributed by atoms with van der Waals surface area (Å²) in [6.45, 7) is 0. The zero-order valence-electron chi connectivity index (χ0n) is 7.20. The first-order valence-electron chi connectivity index (χ1n) is 4.65. The Hall–Kier alpha value is -0.520. The summed E-state index contributed by atoms with van der Waals surface area (Å²) in [5.74, 6) is 3.15. The lowest BCUT2D eigenvalue weighted by atomic mass is 9.83. The number of fused-ring (bicyclic) bond motifs is 2. The summed E-state index contributed by atoms with van der Waals surface area (Å²) in [5.41, 5.74) is 5.95. The molecule has 0 radical (unpaired) electrons. The van der Waals surface area contributed by atoms with E-state index in [-0.39, 0.29) is 6.04 Å². The van der Waals surface area contributed by atoms with Crippen molar-refractivity contribution in [3.8, 4) is 12.3 Å². The minimum Gasteiger partial charge on any atom is -0.375 e. The largest absolute Gasteiger partial charge is 0.375 e. The molecular formula is C10H15NO. The Morgan fingerprint density at radius 3 is 2.92 bits per heavy atom. The van der Waals surface area contributed by atoms with Crippen LogP contribution in [0, 0.1) is 18.3 Å². The highest BCUT2D eigenvalue weighted by atomic mass is 16.5. The third kappa shape index (κ3) is 1.24. The Kier molecular flexibility index (Phi) is 2.08. The quantitative estimate of drug-likeness (QED) is 0.617. The predicted octanol–water partition coefficient (Wildman–Crippen LogP) is 0.904. The van der Waals surface area contributed by atoms with Crippen LogP contribution in [0.2, 0.25) is 0 Å². The van der Waals surface area contributed by atoms with E-state index in [0.717, 1.165) is 6.42 Å². The van der Waals surface area contributed by atoms with E-state index in [2.05, 4.69) is 5.92 Å². The lowest BCUT2D eigenvalue weighted by molar-refractivity contribution is 0.0888. The van der Waals surface area contributed by atoms with E-state index >= 15 is 0 Å². The van der Waals surface area contributed by atoms with Gasteiger partial charge in [0.2, 0.25) is 0 Å². The average Bonchev–Trinajstić information content (AvgIpc) is 2.64. The van der Waals surface area contributed by atoms with Crippen LogP contribution in [0.1, 0.15) is 25.7 Å². The van der Waals surface area contributed by atoms with E-state index in [1.54, 1.807) is 0 Å². The smallest absolute Gasteiger partial charge is 0.0624 e. The second kappa shape index (κ2) is 3.08. The van der Waals surface area contributed by atoms with Gasteiger partial charge in [-0.15, -0.1) is 12.3 Å². The molecule has 2 fully saturated rings. The van der Waals surface area contributed by atoms with Gasteiger partial charge in [-0.1, -0.05) is 0 Å². The van der Waals surface area contributed by atoms with Crippen LogP contribution in [0.4, 0.5) is 0 Å². The third-order valence-electron chi connectivity index (χ3n) is 3.06. The number of ether oxygens (including phenoxy) is 1. The van der Waals surface area contributed by atoms with Crippen LogP contribution >= 0.6 is 0 Å². The molecule has 4 unspecified atom stereocenters. The molecule has 0 aromatic rings. The first-order valence-corrected chi connectivity index (χ1v) is 4.65. The number of rotatable bonds is 2. The Morgan fingerprint density at radius 2 is 2.42 bits per heavy atom. The Labute approximate surface area is 73.5 Å². The molecule has 2 rings (SSSR count). The summed E-state index contributed by atoms with van der Waals surface area (Å²) < 4.78 is 5.70. The number of hydrogen-bond acceptors (Lipinski definition) is 2. The van der Waals surface area contributed by atoms with Crippen LogP contribution in [0.5, 0.6) is 0 Å². The topological polar surface area (TPSA) is 35.2 Å². The van der Waals surface area contributed by atoms with Crippen LogP contribution < -0.4 is 5.73 Å². The maximum Gasteiger partial charge on any atom is 0.0624 e. The van der Waals surface area contributed by atoms with E-state index in [0.29, 0.717) is 24.5 Å². The molecule has 2 heteroatoms. The first kappa shape index (κ1) is 8.10. The average molecular weight is 165 g/mol. The number of terminal acetylenes is 1. The summed E-state index contributed by atoms with van der Waals surface area (Å²) in [4.78, 5) is 0. The molecule has 2 nitrogen and oxygen atoms in total. The van der Waals surface area contributed by atoms with Gasteiger partial charge in [0.1, 0.15) is 0 Å². The fraction of sp³-hybridized carbons (Fsp3) is 0.800. The maximum atomic E-state index is 5.95. The van der Waals surface area contributed by atoms with E-state index in [1.807, 2.05) is 0 Å². The lowest BCUT2D eigenvalue weighted by Crippen LogP contribution is -2.35. The zero-order chi connectivity index (χ0) is 8.55. The van der Waals surface area contributed by atoms with Crippen molar-refractivity contribution in [3.05, 3.63) is 0 Å².